The number of aromatic nitrogens is 4. The van der Waals surface area contributed by atoms with Crippen LogP contribution in [0.3, 0.4) is 0 Å². The molecule has 1 amide bonds. The first-order valence-corrected chi connectivity index (χ1v) is 11.2. The first-order chi connectivity index (χ1) is 15.1. The lowest BCUT2D eigenvalue weighted by Gasteiger charge is -2.40. The number of nitrogens with zero attached hydrogens (tertiary/aromatic N) is 4. The van der Waals surface area contributed by atoms with Gasteiger partial charge in [-0.2, -0.15) is 5.10 Å². The maximum atomic E-state index is 13.6. The molecule has 0 aromatic carbocycles. The Morgan fingerprint density at radius 3 is 2.28 bits per heavy atom. The van der Waals surface area contributed by atoms with Crippen LogP contribution in [0, 0.1) is 5.92 Å². The van der Waals surface area contributed by atoms with Crippen LogP contribution in [0.5, 0.6) is 0 Å². The number of hydrogen-bond acceptors (Lipinski definition) is 4. The minimum atomic E-state index is -2.73. The van der Waals surface area contributed by atoms with Crippen molar-refractivity contribution in [2.75, 3.05) is 13.1 Å². The molecular weight excluding hydrogens is 430 g/mol. The van der Waals surface area contributed by atoms with Crippen LogP contribution >= 0.6 is 0 Å². The van der Waals surface area contributed by atoms with Crippen LogP contribution in [0.1, 0.15) is 69.2 Å². The van der Waals surface area contributed by atoms with Gasteiger partial charge in [-0.3, -0.25) is 9.59 Å². The Bertz CT molecular complexity index is 1080. The SMILES string of the molecule is O=C(C1CCC1c1nc2c(cnn2C2CCC(F)(F)CC2)c(=O)[nH]1)N1CCC(F)(F)CC1. The van der Waals surface area contributed by atoms with E-state index in [0.717, 1.165) is 0 Å². The molecule has 2 saturated carbocycles. The summed E-state index contributed by atoms with van der Waals surface area (Å²) < 4.78 is 55.6. The highest BCUT2D eigenvalue weighted by molar-refractivity contribution is 5.81. The minimum Gasteiger partial charge on any atom is -0.342 e. The van der Waals surface area contributed by atoms with Gasteiger partial charge in [0.15, 0.2) is 5.65 Å². The number of rotatable bonds is 3. The van der Waals surface area contributed by atoms with Crippen LogP contribution < -0.4 is 5.56 Å². The number of fused-ring (bicyclic) bond motifs is 1. The molecule has 3 heterocycles. The molecule has 0 spiro atoms. The Labute approximate surface area is 181 Å². The van der Waals surface area contributed by atoms with Gasteiger partial charge in [-0.25, -0.2) is 27.2 Å². The van der Waals surface area contributed by atoms with Gasteiger partial charge in [-0.1, -0.05) is 0 Å². The quantitative estimate of drug-likeness (QED) is 0.717. The van der Waals surface area contributed by atoms with E-state index in [1.165, 1.54) is 11.1 Å². The first-order valence-electron chi connectivity index (χ1n) is 11.2. The Balaban J connectivity index is 1.38. The van der Waals surface area contributed by atoms with Gasteiger partial charge < -0.3 is 9.88 Å². The second-order valence-corrected chi connectivity index (χ2v) is 9.34. The Hall–Kier alpha value is -2.46. The van der Waals surface area contributed by atoms with Gasteiger partial charge in [-0.15, -0.1) is 0 Å². The molecule has 0 radical (unpaired) electrons. The van der Waals surface area contributed by atoms with Gasteiger partial charge in [0, 0.05) is 50.6 Å². The van der Waals surface area contributed by atoms with Crippen molar-refractivity contribution < 1.29 is 22.4 Å². The summed E-state index contributed by atoms with van der Waals surface area (Å²) in [6, 6.07) is -0.261. The Morgan fingerprint density at radius 1 is 1.00 bits per heavy atom. The maximum Gasteiger partial charge on any atom is 0.262 e. The van der Waals surface area contributed by atoms with Crippen LogP contribution in [0.15, 0.2) is 11.0 Å². The largest absolute Gasteiger partial charge is 0.342 e. The summed E-state index contributed by atoms with van der Waals surface area (Å²) in [6.45, 7) is 0.0498. The van der Waals surface area contributed by atoms with E-state index in [2.05, 4.69) is 15.1 Å². The van der Waals surface area contributed by atoms with Crippen molar-refractivity contribution in [1.82, 2.24) is 24.6 Å². The molecule has 1 N–H and O–H groups in total. The van der Waals surface area contributed by atoms with Crippen LogP contribution in [-0.2, 0) is 4.79 Å². The van der Waals surface area contributed by atoms with Gasteiger partial charge in [0.25, 0.3) is 11.5 Å². The van der Waals surface area contributed by atoms with Gasteiger partial charge in [0.2, 0.25) is 11.8 Å². The molecule has 7 nitrogen and oxygen atoms in total. The fourth-order valence-corrected chi connectivity index (χ4v) is 5.08. The zero-order valence-electron chi connectivity index (χ0n) is 17.5. The summed E-state index contributed by atoms with van der Waals surface area (Å²) >= 11 is 0. The number of carbonyl (C=O) groups is 1. The van der Waals surface area contributed by atoms with E-state index in [1.54, 1.807) is 4.68 Å². The highest BCUT2D eigenvalue weighted by Crippen LogP contribution is 2.43. The molecule has 2 aliphatic carbocycles. The number of piperidine rings is 1. The van der Waals surface area contributed by atoms with Crippen molar-refractivity contribution in [3.8, 4) is 0 Å². The summed E-state index contributed by atoms with van der Waals surface area (Å²) in [6.07, 6.45) is 2.01. The second kappa shape index (κ2) is 7.55. The first kappa shape index (κ1) is 21.4. The molecule has 3 aliphatic rings. The number of H-pyrrole nitrogens is 1. The van der Waals surface area contributed by atoms with Crippen molar-refractivity contribution in [1.29, 1.82) is 0 Å². The Morgan fingerprint density at radius 2 is 1.66 bits per heavy atom. The second-order valence-electron chi connectivity index (χ2n) is 9.34. The van der Waals surface area contributed by atoms with Crippen LogP contribution in [0.25, 0.3) is 11.0 Å². The number of nitrogens with one attached hydrogen (secondary N) is 1. The molecule has 174 valence electrons. The van der Waals surface area contributed by atoms with Crippen LogP contribution in [-0.4, -0.2) is 55.5 Å². The maximum absolute atomic E-state index is 13.6. The topological polar surface area (TPSA) is 83.9 Å². The zero-order chi connectivity index (χ0) is 22.7. The van der Waals surface area contributed by atoms with Gasteiger partial charge >= 0.3 is 0 Å². The predicted molar refractivity (Wildman–Crippen MR) is 107 cm³/mol. The summed E-state index contributed by atoms with van der Waals surface area (Å²) in [4.78, 5) is 34.4. The third-order valence-corrected chi connectivity index (χ3v) is 7.26. The normalized spacial score (nSPS) is 27.9. The minimum absolute atomic E-state index is 0.0249. The molecule has 3 fully saturated rings. The lowest BCUT2D eigenvalue weighted by atomic mass is 9.72. The molecule has 1 saturated heterocycles. The molecule has 1 aliphatic heterocycles. The number of hydrogen-bond donors (Lipinski definition) is 1. The van der Waals surface area contributed by atoms with Crippen molar-refractivity contribution in [2.24, 2.45) is 5.92 Å². The van der Waals surface area contributed by atoms with E-state index in [4.69, 9.17) is 0 Å². The molecule has 2 atom stereocenters. The van der Waals surface area contributed by atoms with Crippen molar-refractivity contribution in [3.63, 3.8) is 0 Å². The van der Waals surface area contributed by atoms with E-state index in [-0.39, 0.29) is 80.4 Å². The van der Waals surface area contributed by atoms with Crippen molar-refractivity contribution >= 4 is 16.9 Å². The van der Waals surface area contributed by atoms with Gasteiger partial charge in [0.05, 0.1) is 12.2 Å². The van der Waals surface area contributed by atoms with E-state index in [0.29, 0.717) is 24.3 Å². The molecule has 11 heteroatoms. The lowest BCUT2D eigenvalue weighted by Crippen LogP contribution is -2.48. The zero-order valence-corrected chi connectivity index (χ0v) is 17.5. The van der Waals surface area contributed by atoms with Crippen molar-refractivity contribution in [3.05, 3.63) is 22.4 Å². The molecule has 0 bridgehead atoms. The lowest BCUT2D eigenvalue weighted by molar-refractivity contribution is -0.145. The predicted octanol–water partition coefficient (Wildman–Crippen LogP) is 3.62. The summed E-state index contributed by atoms with van der Waals surface area (Å²) in [5, 5.41) is 4.54. The summed E-state index contributed by atoms with van der Waals surface area (Å²) in [7, 11) is 0. The number of amides is 1. The summed E-state index contributed by atoms with van der Waals surface area (Å²) in [5.74, 6) is -5.92. The van der Waals surface area contributed by atoms with Gasteiger partial charge in [0.1, 0.15) is 11.2 Å². The monoisotopic (exact) mass is 455 g/mol. The third kappa shape index (κ3) is 3.79. The Kier molecular flexibility index (Phi) is 5.05. The van der Waals surface area contributed by atoms with Crippen LogP contribution in [0.4, 0.5) is 17.6 Å². The van der Waals surface area contributed by atoms with Crippen molar-refractivity contribution in [2.45, 2.75) is 75.2 Å². The standard InChI is InChI=1S/C21H25F4N5O2/c22-20(23)5-3-12(4-6-20)30-17-15(11-26-30)18(31)28-16(27-17)13-1-2-14(13)19(32)29-9-7-21(24,25)8-10-29/h11-14H,1-10H2,(H,27,28,31). The molecule has 2 aromatic rings. The molecule has 2 aromatic heterocycles. The molecular formula is C21H25F4N5O2. The van der Waals surface area contributed by atoms with E-state index >= 15 is 0 Å². The average molecular weight is 455 g/mol. The number of aromatic amines is 1. The fraction of sp³-hybridized carbons (Fsp3) is 0.714. The molecule has 32 heavy (non-hydrogen) atoms. The van der Waals surface area contributed by atoms with Gasteiger partial charge in [-0.05, 0) is 25.7 Å². The average Bonchev–Trinajstić information content (AvgIpc) is 3.11. The molecule has 2 unspecified atom stereocenters. The number of carbonyl (C=O) groups excluding carboxylic acids is 1. The number of halogens is 4. The summed E-state index contributed by atoms with van der Waals surface area (Å²) in [5.41, 5.74) is -0.0391. The highest BCUT2D eigenvalue weighted by atomic mass is 19.3. The fourth-order valence-electron chi connectivity index (χ4n) is 5.08. The highest BCUT2D eigenvalue weighted by Gasteiger charge is 2.44. The van der Waals surface area contributed by atoms with Crippen LogP contribution in [0.2, 0.25) is 0 Å². The smallest absolute Gasteiger partial charge is 0.262 e. The third-order valence-electron chi connectivity index (χ3n) is 7.26. The molecule has 5 rings (SSSR count). The van der Waals surface area contributed by atoms with E-state index in [1.807, 2.05) is 0 Å². The number of alkyl halides is 4. The van der Waals surface area contributed by atoms with E-state index < -0.39 is 17.8 Å². The number of likely N-dealkylation sites (tertiary alicyclic amines) is 1. The van der Waals surface area contributed by atoms with E-state index in [9.17, 15) is 27.2 Å².